The number of hydrogen-bond donors (Lipinski definition) is 1. The van der Waals surface area contributed by atoms with E-state index < -0.39 is 50.2 Å². The minimum absolute atomic E-state index is 0.118. The zero-order valence-electron chi connectivity index (χ0n) is 19.2. The van der Waals surface area contributed by atoms with Gasteiger partial charge in [0, 0.05) is 17.5 Å². The van der Waals surface area contributed by atoms with Crippen molar-refractivity contribution in [3.8, 4) is 0 Å². The van der Waals surface area contributed by atoms with Gasteiger partial charge in [-0.25, -0.2) is 4.57 Å². The smallest absolute Gasteiger partial charge is 0.365 e. The first-order valence-electron chi connectivity index (χ1n) is 11.3. The van der Waals surface area contributed by atoms with Crippen LogP contribution < -0.4 is 10.3 Å². The standard InChI is InChI=1S/C23H26ClN2O8P/c1-23(2)32-19-18(31-22(20(19)33-23)26-9-4-6-15(12-26)21(25)27)13-30-35(28)29-10-8-17(34-35)14-5-3-7-16(24)11-14/h3-7,9,11-12,17-20,22H,8,10,13H2,1-2H3,(H-,25,27)/p+1/t17?,18?,19-,20-,22-,35?/m1/s1. The Labute approximate surface area is 207 Å². The Morgan fingerprint density at radius 1 is 1.26 bits per heavy atom. The molecule has 3 saturated heterocycles. The molecule has 188 valence electrons. The molecular weight excluding hydrogens is 499 g/mol. The number of fused-ring (bicyclic) bond motifs is 1. The summed E-state index contributed by atoms with van der Waals surface area (Å²) in [6, 6.07) is 10.5. The molecule has 6 atom stereocenters. The Bertz CT molecular complexity index is 1160. The van der Waals surface area contributed by atoms with Crippen LogP contribution in [0.25, 0.3) is 0 Å². The summed E-state index contributed by atoms with van der Waals surface area (Å²) in [5.74, 6) is -1.42. The van der Waals surface area contributed by atoms with Crippen molar-refractivity contribution in [2.75, 3.05) is 13.2 Å². The highest BCUT2D eigenvalue weighted by Gasteiger charge is 2.59. The minimum Gasteiger partial charge on any atom is -0.365 e. The van der Waals surface area contributed by atoms with E-state index in [1.165, 1.54) is 0 Å². The number of hydrogen-bond acceptors (Lipinski definition) is 8. The molecule has 3 aliphatic heterocycles. The van der Waals surface area contributed by atoms with Crippen molar-refractivity contribution >= 4 is 25.3 Å². The van der Waals surface area contributed by atoms with Crippen molar-refractivity contribution < 1.29 is 41.7 Å². The van der Waals surface area contributed by atoms with E-state index in [4.69, 9.17) is 45.1 Å². The third-order valence-electron chi connectivity index (χ3n) is 6.03. The zero-order chi connectivity index (χ0) is 24.8. The minimum atomic E-state index is -3.87. The Hall–Kier alpha value is -1.88. The van der Waals surface area contributed by atoms with Crippen molar-refractivity contribution in [3.63, 3.8) is 0 Å². The number of ether oxygens (including phenoxy) is 3. The third-order valence-corrected chi connectivity index (χ3v) is 7.74. The lowest BCUT2D eigenvalue weighted by molar-refractivity contribution is -0.766. The van der Waals surface area contributed by atoms with Crippen molar-refractivity contribution in [2.45, 2.75) is 56.7 Å². The van der Waals surface area contributed by atoms with Crippen LogP contribution in [0.15, 0.2) is 48.8 Å². The number of phosphoric ester groups is 1. The highest BCUT2D eigenvalue weighted by Crippen LogP contribution is 2.57. The van der Waals surface area contributed by atoms with Gasteiger partial charge in [-0.3, -0.25) is 18.4 Å². The number of carbonyl (C=O) groups is 1. The SMILES string of the molecule is CC1(C)O[C@@H]2[C@H](O1)C(COP1(=O)OCCC(c3cccc(Cl)c3)O1)O[C@H]2[n+]1cccc(C(N)=O)c1. The quantitative estimate of drug-likeness (QED) is 0.450. The average Bonchev–Trinajstić information content (AvgIpc) is 3.30. The second kappa shape index (κ2) is 9.53. The van der Waals surface area contributed by atoms with Crippen molar-refractivity contribution in [2.24, 2.45) is 5.73 Å². The molecule has 3 aliphatic rings. The summed E-state index contributed by atoms with van der Waals surface area (Å²) in [6.45, 7) is 3.69. The predicted molar refractivity (Wildman–Crippen MR) is 122 cm³/mol. The molecular formula is C23H27ClN2O8P+. The lowest BCUT2D eigenvalue weighted by Gasteiger charge is -2.30. The maximum atomic E-state index is 13.3. The molecule has 10 nitrogen and oxygen atoms in total. The van der Waals surface area contributed by atoms with E-state index in [9.17, 15) is 9.36 Å². The van der Waals surface area contributed by atoms with Crippen LogP contribution in [0.4, 0.5) is 0 Å². The maximum Gasteiger partial charge on any atom is 0.475 e. The molecule has 12 heteroatoms. The number of rotatable bonds is 6. The number of pyridine rings is 1. The fourth-order valence-electron chi connectivity index (χ4n) is 4.51. The average molecular weight is 526 g/mol. The van der Waals surface area contributed by atoms with Gasteiger partial charge in [-0.15, -0.1) is 0 Å². The van der Waals surface area contributed by atoms with Gasteiger partial charge in [0.05, 0.1) is 19.3 Å². The van der Waals surface area contributed by atoms with E-state index >= 15 is 0 Å². The predicted octanol–water partition coefficient (Wildman–Crippen LogP) is 3.45. The Morgan fingerprint density at radius 2 is 2.06 bits per heavy atom. The molecule has 0 spiro atoms. The van der Waals surface area contributed by atoms with Gasteiger partial charge in [-0.05, 0) is 37.6 Å². The lowest BCUT2D eigenvalue weighted by Crippen LogP contribution is -2.46. The number of carbonyl (C=O) groups excluding carboxylic acids is 1. The summed E-state index contributed by atoms with van der Waals surface area (Å²) in [5, 5.41) is 0.559. The number of aromatic nitrogens is 1. The molecule has 0 radical (unpaired) electrons. The summed E-state index contributed by atoms with van der Waals surface area (Å²) < 4.78 is 50.2. The molecule has 2 aromatic rings. The number of nitrogens with two attached hydrogens (primary N) is 1. The molecule has 1 aromatic carbocycles. The van der Waals surface area contributed by atoms with Crippen molar-refractivity contribution in [3.05, 3.63) is 64.9 Å². The molecule has 4 heterocycles. The van der Waals surface area contributed by atoms with E-state index in [1.807, 2.05) is 6.07 Å². The first-order chi connectivity index (χ1) is 16.6. The van der Waals surface area contributed by atoms with Crippen molar-refractivity contribution in [1.29, 1.82) is 0 Å². The zero-order valence-corrected chi connectivity index (χ0v) is 20.9. The van der Waals surface area contributed by atoms with E-state index in [1.54, 1.807) is 61.1 Å². The van der Waals surface area contributed by atoms with Gasteiger partial charge in [0.25, 0.3) is 12.1 Å². The maximum absolute atomic E-state index is 13.3. The van der Waals surface area contributed by atoms with Crippen LogP contribution in [0.3, 0.4) is 0 Å². The van der Waals surface area contributed by atoms with Crippen LogP contribution in [0.1, 0.15) is 48.5 Å². The molecule has 0 saturated carbocycles. The highest BCUT2D eigenvalue weighted by molar-refractivity contribution is 7.48. The van der Waals surface area contributed by atoms with Crippen LogP contribution in [-0.2, 0) is 32.3 Å². The van der Waals surface area contributed by atoms with Gasteiger partial charge >= 0.3 is 7.82 Å². The molecule has 1 amide bonds. The summed E-state index contributed by atoms with van der Waals surface area (Å²) in [6.07, 6.45) is 1.10. The largest absolute Gasteiger partial charge is 0.475 e. The van der Waals surface area contributed by atoms with Gasteiger partial charge in [0.2, 0.25) is 0 Å². The van der Waals surface area contributed by atoms with Crippen LogP contribution >= 0.6 is 19.4 Å². The molecule has 35 heavy (non-hydrogen) atoms. The van der Waals surface area contributed by atoms with E-state index in [0.717, 1.165) is 5.56 Å². The molecule has 3 unspecified atom stereocenters. The van der Waals surface area contributed by atoms with Gasteiger partial charge in [0.1, 0.15) is 17.8 Å². The van der Waals surface area contributed by atoms with Gasteiger partial charge in [-0.1, -0.05) is 23.7 Å². The van der Waals surface area contributed by atoms with Gasteiger partial charge in [0.15, 0.2) is 24.3 Å². The second-order valence-corrected chi connectivity index (χ2v) is 11.1. The number of halogens is 1. The molecule has 1 aromatic heterocycles. The molecule has 5 rings (SSSR count). The van der Waals surface area contributed by atoms with Crippen LogP contribution in [0, 0.1) is 0 Å². The third kappa shape index (κ3) is 5.30. The summed E-state index contributed by atoms with van der Waals surface area (Å²) in [4.78, 5) is 11.6. The number of benzene rings is 1. The fraction of sp³-hybridized carbons (Fsp3) is 0.478. The second-order valence-electron chi connectivity index (χ2n) is 9.05. The first-order valence-corrected chi connectivity index (χ1v) is 13.1. The lowest BCUT2D eigenvalue weighted by atomic mass is 10.1. The Morgan fingerprint density at radius 3 is 2.83 bits per heavy atom. The van der Waals surface area contributed by atoms with Crippen LogP contribution in [0.2, 0.25) is 5.02 Å². The summed E-state index contributed by atoms with van der Waals surface area (Å²) in [5.41, 5.74) is 6.55. The molecule has 0 aliphatic carbocycles. The molecule has 2 N–H and O–H groups in total. The number of nitrogens with zero attached hydrogens (tertiary/aromatic N) is 1. The number of primary amides is 1. The van der Waals surface area contributed by atoms with E-state index in [2.05, 4.69) is 0 Å². The molecule has 3 fully saturated rings. The Balaban J connectivity index is 1.31. The summed E-state index contributed by atoms with van der Waals surface area (Å²) in [7, 11) is -3.87. The van der Waals surface area contributed by atoms with Crippen molar-refractivity contribution in [1.82, 2.24) is 0 Å². The summed E-state index contributed by atoms with van der Waals surface area (Å²) >= 11 is 6.09. The van der Waals surface area contributed by atoms with E-state index in [0.29, 0.717) is 17.0 Å². The number of amides is 1. The highest BCUT2D eigenvalue weighted by atomic mass is 35.5. The monoisotopic (exact) mass is 525 g/mol. The van der Waals surface area contributed by atoms with Gasteiger partial charge < -0.3 is 19.9 Å². The van der Waals surface area contributed by atoms with E-state index in [-0.39, 0.29) is 13.2 Å². The normalized spacial score (nSPS) is 34.0. The number of phosphoric acid groups is 1. The fourth-order valence-corrected chi connectivity index (χ4v) is 6.10. The topological polar surface area (TPSA) is 119 Å². The first kappa shape index (κ1) is 24.8. The van der Waals surface area contributed by atoms with Crippen LogP contribution in [-0.4, -0.2) is 43.2 Å². The van der Waals surface area contributed by atoms with Gasteiger partial charge in [-0.2, -0.15) is 4.57 Å². The Kier molecular flexibility index (Phi) is 6.76. The molecule has 0 bridgehead atoms. The van der Waals surface area contributed by atoms with Crippen LogP contribution in [0.5, 0.6) is 0 Å².